The summed E-state index contributed by atoms with van der Waals surface area (Å²) in [5.74, 6) is -1.00. The van der Waals surface area contributed by atoms with Gasteiger partial charge in [0, 0.05) is 30.2 Å². The van der Waals surface area contributed by atoms with Crippen LogP contribution in [0.1, 0.15) is 49.0 Å². The molecule has 0 radical (unpaired) electrons. The van der Waals surface area contributed by atoms with Gasteiger partial charge >= 0.3 is 0 Å². The first kappa shape index (κ1) is 22.6. The molecule has 1 saturated carbocycles. The molecule has 3 atom stereocenters. The molecule has 2 aromatic rings. The van der Waals surface area contributed by atoms with Gasteiger partial charge in [0.05, 0.1) is 27.3 Å². The lowest BCUT2D eigenvalue weighted by Gasteiger charge is -2.19. The highest BCUT2D eigenvalue weighted by Crippen LogP contribution is 2.37. The van der Waals surface area contributed by atoms with E-state index in [0.29, 0.717) is 51.9 Å². The number of ketones is 1. The number of benzene rings is 1. The van der Waals surface area contributed by atoms with Crippen molar-refractivity contribution in [1.29, 1.82) is 5.26 Å². The second kappa shape index (κ2) is 9.51. The fourth-order valence-corrected chi connectivity index (χ4v) is 4.69. The maximum Gasteiger partial charge on any atom is 0.224 e. The maximum absolute atomic E-state index is 13.0. The zero-order chi connectivity index (χ0) is 22.8. The predicted molar refractivity (Wildman–Crippen MR) is 121 cm³/mol. The van der Waals surface area contributed by atoms with Crippen LogP contribution in [0.4, 0.5) is 0 Å². The summed E-state index contributed by atoms with van der Waals surface area (Å²) < 4.78 is 0. The fourth-order valence-electron chi connectivity index (χ4n) is 4.26. The standard InChI is InChI=1S/C23H24Cl2N4O3/c24-17-3-4-18(25)21-16(17)10-19(29-21)20(30)9-14(7-12-1-2-12)23(32)28-15(11-26)8-13-5-6-27-22(13)31/h3-4,10,12-15,29H,1-2,5-9H2,(H,27,31)(H,28,32)/t13?,14-,15+/m1/s1. The molecular formula is C23H24Cl2N4O3. The number of Topliss-reactive ketones (excluding diaryl/α,β-unsaturated/α-hetero) is 1. The van der Waals surface area contributed by atoms with E-state index in [9.17, 15) is 19.6 Å². The molecule has 0 spiro atoms. The van der Waals surface area contributed by atoms with E-state index in [0.717, 1.165) is 12.8 Å². The summed E-state index contributed by atoms with van der Waals surface area (Å²) >= 11 is 12.4. The van der Waals surface area contributed by atoms with Gasteiger partial charge in [0.1, 0.15) is 6.04 Å². The number of carbonyl (C=O) groups excluding carboxylic acids is 3. The molecule has 2 amide bonds. The molecule has 9 heteroatoms. The number of fused-ring (bicyclic) bond motifs is 1. The molecule has 2 heterocycles. The Hall–Kier alpha value is -2.56. The fraction of sp³-hybridized carbons (Fsp3) is 0.478. The summed E-state index contributed by atoms with van der Waals surface area (Å²) in [5.41, 5.74) is 0.938. The van der Waals surface area contributed by atoms with Crippen LogP contribution in [0.2, 0.25) is 10.0 Å². The summed E-state index contributed by atoms with van der Waals surface area (Å²) in [5, 5.41) is 16.6. The van der Waals surface area contributed by atoms with Gasteiger partial charge in [-0.15, -0.1) is 0 Å². The first-order valence-corrected chi connectivity index (χ1v) is 11.6. The summed E-state index contributed by atoms with van der Waals surface area (Å²) in [4.78, 5) is 40.9. The zero-order valence-electron chi connectivity index (χ0n) is 17.4. The quantitative estimate of drug-likeness (QED) is 0.476. The molecule has 3 N–H and O–H groups in total. The SMILES string of the molecule is N#C[C@H](CC1CCNC1=O)NC(=O)[C@@H](CC(=O)c1cc2c(Cl)ccc(Cl)c2[nH]1)CC1CC1. The lowest BCUT2D eigenvalue weighted by atomic mass is 9.93. The molecule has 32 heavy (non-hydrogen) atoms. The number of nitrogens with one attached hydrogen (secondary N) is 3. The van der Waals surface area contributed by atoms with Crippen LogP contribution in [-0.4, -0.2) is 35.2 Å². The average molecular weight is 475 g/mol. The van der Waals surface area contributed by atoms with Gasteiger partial charge in [-0.1, -0.05) is 36.0 Å². The van der Waals surface area contributed by atoms with Gasteiger partial charge in [-0.2, -0.15) is 5.26 Å². The number of hydrogen-bond acceptors (Lipinski definition) is 4. The van der Waals surface area contributed by atoms with Crippen molar-refractivity contribution in [1.82, 2.24) is 15.6 Å². The molecular weight excluding hydrogens is 451 g/mol. The zero-order valence-corrected chi connectivity index (χ0v) is 18.9. The van der Waals surface area contributed by atoms with Crippen LogP contribution in [0.25, 0.3) is 10.9 Å². The van der Waals surface area contributed by atoms with Crippen molar-refractivity contribution in [3.05, 3.63) is 33.9 Å². The van der Waals surface area contributed by atoms with Gasteiger partial charge in [-0.25, -0.2) is 0 Å². The Kier molecular flexibility index (Phi) is 6.73. The summed E-state index contributed by atoms with van der Waals surface area (Å²) in [6, 6.07) is 6.31. The van der Waals surface area contributed by atoms with Crippen LogP contribution < -0.4 is 10.6 Å². The minimum absolute atomic E-state index is 0.0203. The molecule has 168 valence electrons. The Labute approximate surface area is 195 Å². The predicted octanol–water partition coefficient (Wildman–Crippen LogP) is 4.00. The molecule has 1 aromatic heterocycles. The number of nitrogens with zero attached hydrogens (tertiary/aromatic N) is 1. The van der Waals surface area contributed by atoms with Gasteiger partial charge < -0.3 is 15.6 Å². The van der Waals surface area contributed by atoms with Crippen molar-refractivity contribution in [3.63, 3.8) is 0 Å². The van der Waals surface area contributed by atoms with Crippen molar-refractivity contribution in [3.8, 4) is 6.07 Å². The van der Waals surface area contributed by atoms with E-state index in [4.69, 9.17) is 23.2 Å². The number of hydrogen-bond donors (Lipinski definition) is 3. The number of carbonyl (C=O) groups is 3. The molecule has 2 fully saturated rings. The first-order valence-electron chi connectivity index (χ1n) is 10.8. The third kappa shape index (κ3) is 5.08. The second-order valence-corrected chi connectivity index (χ2v) is 9.52. The number of halogens is 2. The number of nitriles is 1. The highest BCUT2D eigenvalue weighted by atomic mass is 35.5. The van der Waals surface area contributed by atoms with E-state index in [1.165, 1.54) is 0 Å². The van der Waals surface area contributed by atoms with Gasteiger partial charge in [-0.05, 0) is 43.4 Å². The molecule has 1 unspecified atom stereocenters. The summed E-state index contributed by atoms with van der Waals surface area (Å²) in [6.07, 6.45) is 3.63. The topological polar surface area (TPSA) is 115 Å². The van der Waals surface area contributed by atoms with Crippen LogP contribution in [0.3, 0.4) is 0 Å². The van der Waals surface area contributed by atoms with E-state index < -0.39 is 12.0 Å². The van der Waals surface area contributed by atoms with E-state index in [-0.39, 0.29) is 36.4 Å². The number of aromatic amines is 1. The number of rotatable bonds is 9. The highest BCUT2D eigenvalue weighted by Gasteiger charge is 2.34. The Morgan fingerprint density at radius 3 is 2.56 bits per heavy atom. The minimum Gasteiger partial charge on any atom is -0.356 e. The van der Waals surface area contributed by atoms with Crippen molar-refractivity contribution in [2.45, 2.75) is 44.6 Å². The lowest BCUT2D eigenvalue weighted by molar-refractivity contribution is -0.127. The molecule has 2 aliphatic rings. The van der Waals surface area contributed by atoms with Crippen LogP contribution in [0.15, 0.2) is 18.2 Å². The smallest absolute Gasteiger partial charge is 0.224 e. The van der Waals surface area contributed by atoms with Crippen molar-refractivity contribution in [2.75, 3.05) is 6.54 Å². The number of aromatic nitrogens is 1. The third-order valence-electron chi connectivity index (χ3n) is 6.26. The molecule has 1 aliphatic heterocycles. The monoisotopic (exact) mass is 474 g/mol. The summed E-state index contributed by atoms with van der Waals surface area (Å²) in [6.45, 7) is 0.590. The van der Waals surface area contributed by atoms with Crippen molar-refractivity contribution in [2.24, 2.45) is 17.8 Å². The Morgan fingerprint density at radius 1 is 1.19 bits per heavy atom. The van der Waals surface area contributed by atoms with Crippen molar-refractivity contribution < 1.29 is 14.4 Å². The molecule has 4 rings (SSSR count). The van der Waals surface area contributed by atoms with Gasteiger partial charge in [-0.3, -0.25) is 14.4 Å². The lowest BCUT2D eigenvalue weighted by Crippen LogP contribution is -2.40. The minimum atomic E-state index is -0.765. The summed E-state index contributed by atoms with van der Waals surface area (Å²) in [7, 11) is 0. The van der Waals surface area contributed by atoms with Crippen LogP contribution in [0.5, 0.6) is 0 Å². The van der Waals surface area contributed by atoms with E-state index in [1.807, 2.05) is 0 Å². The van der Waals surface area contributed by atoms with Gasteiger partial charge in [0.15, 0.2) is 5.78 Å². The Balaban J connectivity index is 1.45. The number of amides is 2. The average Bonchev–Trinajstić information content (AvgIpc) is 3.31. The maximum atomic E-state index is 13.0. The molecule has 1 aliphatic carbocycles. The highest BCUT2D eigenvalue weighted by molar-refractivity contribution is 6.40. The molecule has 1 saturated heterocycles. The Bertz CT molecular complexity index is 1060. The molecule has 0 bridgehead atoms. The van der Waals surface area contributed by atoms with Crippen LogP contribution in [0, 0.1) is 29.1 Å². The first-order chi connectivity index (χ1) is 15.4. The van der Waals surface area contributed by atoms with Crippen LogP contribution in [-0.2, 0) is 9.59 Å². The van der Waals surface area contributed by atoms with E-state index in [1.54, 1.807) is 18.2 Å². The molecule has 7 nitrogen and oxygen atoms in total. The number of H-pyrrole nitrogens is 1. The van der Waals surface area contributed by atoms with Crippen LogP contribution >= 0.6 is 23.2 Å². The third-order valence-corrected chi connectivity index (χ3v) is 6.91. The Morgan fingerprint density at radius 2 is 1.94 bits per heavy atom. The van der Waals surface area contributed by atoms with Gasteiger partial charge in [0.2, 0.25) is 11.8 Å². The molecule has 1 aromatic carbocycles. The largest absolute Gasteiger partial charge is 0.356 e. The van der Waals surface area contributed by atoms with E-state index in [2.05, 4.69) is 21.7 Å². The second-order valence-electron chi connectivity index (χ2n) is 8.71. The van der Waals surface area contributed by atoms with Gasteiger partial charge in [0.25, 0.3) is 0 Å². The van der Waals surface area contributed by atoms with E-state index >= 15 is 0 Å². The van der Waals surface area contributed by atoms with Crippen molar-refractivity contribution >= 4 is 51.7 Å². The normalized spacial score (nSPS) is 19.9.